The molecule has 0 radical (unpaired) electrons. The minimum Gasteiger partial charge on any atom is -0.455 e. The van der Waals surface area contributed by atoms with Crippen LogP contribution in [0.25, 0.3) is 0 Å². The maximum absolute atomic E-state index is 6.00. The molecule has 4 nitrogen and oxygen atoms in total. The van der Waals surface area contributed by atoms with Crippen molar-refractivity contribution in [1.29, 1.82) is 0 Å². The number of hydrogen-bond donors (Lipinski definition) is 2. The second kappa shape index (κ2) is 10.6. The third-order valence-electron chi connectivity index (χ3n) is 5.70. The number of para-hydroxylation sites is 4. The van der Waals surface area contributed by atoms with Crippen LogP contribution < -0.4 is 20.9 Å². The molecule has 4 aromatic rings. The Morgan fingerprint density at radius 2 is 1.03 bits per heavy atom. The predicted octanol–water partition coefficient (Wildman–Crippen LogP) is 7.76. The lowest BCUT2D eigenvalue weighted by Crippen LogP contribution is -2.02. The predicted molar refractivity (Wildman–Crippen MR) is 136 cm³/mol. The summed E-state index contributed by atoms with van der Waals surface area (Å²) in [6, 6.07) is 31.7. The molecule has 4 N–H and O–H groups in total. The summed E-state index contributed by atoms with van der Waals surface area (Å²) in [5, 5.41) is 0. The number of nitrogens with two attached hydrogens (primary N) is 2. The molecule has 0 aliphatic rings. The van der Waals surface area contributed by atoms with Crippen molar-refractivity contribution in [2.45, 2.75) is 32.1 Å². The van der Waals surface area contributed by atoms with Crippen molar-refractivity contribution in [2.75, 3.05) is 11.5 Å². The lowest BCUT2D eigenvalue weighted by atomic mass is 9.87. The van der Waals surface area contributed by atoms with E-state index in [-0.39, 0.29) is 0 Å². The topological polar surface area (TPSA) is 70.5 Å². The summed E-state index contributed by atoms with van der Waals surface area (Å²) in [7, 11) is 0. The average molecular weight is 439 g/mol. The van der Waals surface area contributed by atoms with Gasteiger partial charge in [0.1, 0.15) is 23.0 Å². The Balaban J connectivity index is 1.51. The highest BCUT2D eigenvalue weighted by Crippen LogP contribution is 2.34. The van der Waals surface area contributed by atoms with Crippen LogP contribution >= 0.6 is 0 Å². The molecular formula is C29H30N2O2. The van der Waals surface area contributed by atoms with Gasteiger partial charge in [-0.05, 0) is 66.1 Å². The minimum atomic E-state index is 0.302. The molecule has 0 saturated heterocycles. The van der Waals surface area contributed by atoms with E-state index in [0.717, 1.165) is 30.8 Å². The molecule has 0 bridgehead atoms. The summed E-state index contributed by atoms with van der Waals surface area (Å²) < 4.78 is 11.9. The molecule has 0 aromatic heterocycles. The van der Waals surface area contributed by atoms with Crippen molar-refractivity contribution < 1.29 is 9.47 Å². The van der Waals surface area contributed by atoms with Crippen LogP contribution in [0.1, 0.15) is 43.2 Å². The van der Waals surface area contributed by atoms with Crippen LogP contribution in [-0.4, -0.2) is 0 Å². The molecule has 0 aliphatic heterocycles. The van der Waals surface area contributed by atoms with Gasteiger partial charge in [-0.3, -0.25) is 0 Å². The van der Waals surface area contributed by atoms with E-state index >= 15 is 0 Å². The second-order valence-corrected chi connectivity index (χ2v) is 8.11. The van der Waals surface area contributed by atoms with Gasteiger partial charge in [0, 0.05) is 5.92 Å². The summed E-state index contributed by atoms with van der Waals surface area (Å²) in [4.78, 5) is 0. The van der Waals surface area contributed by atoms with Crippen LogP contribution in [0.4, 0.5) is 11.4 Å². The van der Waals surface area contributed by atoms with Gasteiger partial charge in [0.15, 0.2) is 0 Å². The molecule has 0 aliphatic carbocycles. The Labute approximate surface area is 195 Å². The van der Waals surface area contributed by atoms with E-state index in [1.54, 1.807) is 0 Å². The zero-order valence-electron chi connectivity index (χ0n) is 18.9. The maximum Gasteiger partial charge on any atom is 0.150 e. The summed E-state index contributed by atoms with van der Waals surface area (Å²) in [5.74, 6) is 3.19. The van der Waals surface area contributed by atoms with Gasteiger partial charge in [-0.1, -0.05) is 68.3 Å². The van der Waals surface area contributed by atoms with E-state index < -0.39 is 0 Å². The van der Waals surface area contributed by atoms with Gasteiger partial charge in [-0.2, -0.15) is 0 Å². The summed E-state index contributed by atoms with van der Waals surface area (Å²) in [6.07, 6.45) is 3.38. The lowest BCUT2D eigenvalue weighted by Gasteiger charge is -2.19. The zero-order valence-corrected chi connectivity index (χ0v) is 18.9. The van der Waals surface area contributed by atoms with Crippen molar-refractivity contribution in [3.05, 3.63) is 108 Å². The molecule has 0 amide bonds. The van der Waals surface area contributed by atoms with Gasteiger partial charge in [-0.25, -0.2) is 0 Å². The fourth-order valence-electron chi connectivity index (χ4n) is 3.87. The SMILES string of the molecule is CCCCC(c1ccc(Oc2ccccc2N)cc1)c1ccc(Oc2ccccc2N)cc1. The zero-order chi connectivity index (χ0) is 23.0. The van der Waals surface area contributed by atoms with E-state index in [4.69, 9.17) is 20.9 Å². The lowest BCUT2D eigenvalue weighted by molar-refractivity contribution is 0.484. The quantitative estimate of drug-likeness (QED) is 0.262. The molecule has 0 spiro atoms. The molecule has 0 saturated carbocycles. The maximum atomic E-state index is 6.00. The standard InChI is InChI=1S/C29H30N2O2/c1-2-3-8-25(21-13-17-23(18-14-21)32-28-11-6-4-9-26(28)30)22-15-19-24(20-16-22)33-29-12-7-5-10-27(29)31/h4-7,9-20,25H,2-3,8,30-31H2,1H3. The van der Waals surface area contributed by atoms with Crippen LogP contribution in [0.3, 0.4) is 0 Å². The third kappa shape index (κ3) is 5.66. The first-order valence-corrected chi connectivity index (χ1v) is 11.4. The Hall–Kier alpha value is -3.92. The van der Waals surface area contributed by atoms with E-state index in [1.165, 1.54) is 11.1 Å². The molecule has 168 valence electrons. The van der Waals surface area contributed by atoms with E-state index in [0.29, 0.717) is 28.8 Å². The molecule has 0 heterocycles. The average Bonchev–Trinajstić information content (AvgIpc) is 2.84. The molecule has 4 rings (SSSR count). The van der Waals surface area contributed by atoms with Crippen LogP contribution in [0.5, 0.6) is 23.0 Å². The third-order valence-corrected chi connectivity index (χ3v) is 5.70. The van der Waals surface area contributed by atoms with Gasteiger partial charge in [0.2, 0.25) is 0 Å². The largest absolute Gasteiger partial charge is 0.455 e. The summed E-state index contributed by atoms with van der Waals surface area (Å²) >= 11 is 0. The highest BCUT2D eigenvalue weighted by molar-refractivity contribution is 5.54. The molecular weight excluding hydrogens is 408 g/mol. The number of rotatable bonds is 9. The number of ether oxygens (including phenoxy) is 2. The number of nitrogen functional groups attached to an aromatic ring is 2. The Morgan fingerprint density at radius 1 is 0.606 bits per heavy atom. The van der Waals surface area contributed by atoms with Crippen molar-refractivity contribution in [1.82, 2.24) is 0 Å². The Morgan fingerprint density at radius 3 is 1.42 bits per heavy atom. The van der Waals surface area contributed by atoms with Gasteiger partial charge < -0.3 is 20.9 Å². The Bertz CT molecular complexity index is 1080. The number of hydrogen-bond acceptors (Lipinski definition) is 4. The van der Waals surface area contributed by atoms with Crippen molar-refractivity contribution in [2.24, 2.45) is 0 Å². The first-order chi connectivity index (χ1) is 16.1. The Kier molecular flexibility index (Phi) is 7.16. The summed E-state index contributed by atoms with van der Waals surface area (Å²) in [5.41, 5.74) is 15.8. The first kappa shape index (κ1) is 22.3. The monoisotopic (exact) mass is 438 g/mol. The minimum absolute atomic E-state index is 0.302. The van der Waals surface area contributed by atoms with E-state index in [9.17, 15) is 0 Å². The molecule has 33 heavy (non-hydrogen) atoms. The van der Waals surface area contributed by atoms with Crippen molar-refractivity contribution in [3.8, 4) is 23.0 Å². The molecule has 0 fully saturated rings. The smallest absolute Gasteiger partial charge is 0.150 e. The van der Waals surface area contributed by atoms with Crippen LogP contribution in [0.15, 0.2) is 97.1 Å². The van der Waals surface area contributed by atoms with Crippen molar-refractivity contribution in [3.63, 3.8) is 0 Å². The second-order valence-electron chi connectivity index (χ2n) is 8.11. The van der Waals surface area contributed by atoms with Crippen LogP contribution in [-0.2, 0) is 0 Å². The fraction of sp³-hybridized carbons (Fsp3) is 0.172. The highest BCUT2D eigenvalue weighted by atomic mass is 16.5. The van der Waals surface area contributed by atoms with E-state index in [2.05, 4.69) is 31.2 Å². The number of anilines is 2. The molecule has 4 heteroatoms. The van der Waals surface area contributed by atoms with Crippen LogP contribution in [0, 0.1) is 0 Å². The van der Waals surface area contributed by atoms with Crippen molar-refractivity contribution >= 4 is 11.4 Å². The van der Waals surface area contributed by atoms with Gasteiger partial charge in [0.05, 0.1) is 11.4 Å². The highest BCUT2D eigenvalue weighted by Gasteiger charge is 2.15. The van der Waals surface area contributed by atoms with Gasteiger partial charge in [0.25, 0.3) is 0 Å². The summed E-state index contributed by atoms with van der Waals surface area (Å²) in [6.45, 7) is 2.22. The first-order valence-electron chi connectivity index (χ1n) is 11.4. The molecule has 0 unspecified atom stereocenters. The van der Waals surface area contributed by atoms with E-state index in [1.807, 2.05) is 72.8 Å². The number of unbranched alkanes of at least 4 members (excludes halogenated alkanes) is 1. The normalized spacial score (nSPS) is 10.8. The van der Waals surface area contributed by atoms with Crippen LogP contribution in [0.2, 0.25) is 0 Å². The number of benzene rings is 4. The molecule has 0 atom stereocenters. The molecule has 4 aromatic carbocycles. The van der Waals surface area contributed by atoms with Gasteiger partial charge in [-0.15, -0.1) is 0 Å². The van der Waals surface area contributed by atoms with Gasteiger partial charge >= 0.3 is 0 Å². The fourth-order valence-corrected chi connectivity index (χ4v) is 3.87.